The third kappa shape index (κ3) is 11.8. The predicted octanol–water partition coefficient (Wildman–Crippen LogP) is 2.13. The number of carbonyl (C=O) groups excluding carboxylic acids is 3. The number of piperidine rings is 2. The van der Waals surface area contributed by atoms with Crippen LogP contribution in [0.3, 0.4) is 0 Å². The summed E-state index contributed by atoms with van der Waals surface area (Å²) in [6, 6.07) is 10.7. The SMILES string of the molecule is CC(=O)O.CC(C)C(=O)OC[C@H]1CCCN(C(=O)C[C@H](NS(=O)(=O)c2ccc3ccccc3c2)C(=O)NC[C@@H]2CCCN(C(=N)N)C2)C1. The normalized spacial score (nSPS) is 18.8. The van der Waals surface area contributed by atoms with Crippen molar-refractivity contribution in [1.29, 1.82) is 5.41 Å². The number of esters is 1. The number of carboxylic acid groups (broad SMARTS) is 1. The molecule has 0 spiro atoms. The Balaban J connectivity index is 0.00000148. The lowest BCUT2D eigenvalue weighted by molar-refractivity contribution is -0.149. The number of nitrogens with zero attached hydrogens (tertiary/aromatic N) is 2. The lowest BCUT2D eigenvalue weighted by Gasteiger charge is -2.34. The standard InChI is InChI=1S/C31H44N6O6S.C2H4O2/c1-21(2)30(40)43-20-23-8-6-13-36(19-23)28(38)16-27(29(39)34-17-22-7-5-14-37(18-22)31(32)33)35-44(41,42)26-12-11-24-9-3-4-10-25(24)15-26;1-2(3)4/h3-4,9-12,15,21-23,27,35H,5-8,13-14,16-20H2,1-2H3,(H3,32,33)(H,34,39);1H3,(H,3,4)/t22-,23-,27-;/m0./s1. The van der Waals surface area contributed by atoms with E-state index in [1.807, 2.05) is 24.3 Å². The first-order valence-electron chi connectivity index (χ1n) is 16.2. The van der Waals surface area contributed by atoms with Crippen molar-refractivity contribution in [3.63, 3.8) is 0 Å². The van der Waals surface area contributed by atoms with Crippen LogP contribution in [0.4, 0.5) is 0 Å². The minimum atomic E-state index is -4.16. The maximum Gasteiger partial charge on any atom is 0.308 e. The van der Waals surface area contributed by atoms with E-state index < -0.39 is 27.9 Å². The van der Waals surface area contributed by atoms with Crippen LogP contribution in [0.15, 0.2) is 47.4 Å². The van der Waals surface area contributed by atoms with Gasteiger partial charge in [0.25, 0.3) is 5.97 Å². The number of nitrogens with one attached hydrogen (secondary N) is 3. The van der Waals surface area contributed by atoms with Crippen molar-refractivity contribution in [2.24, 2.45) is 23.5 Å². The van der Waals surface area contributed by atoms with Gasteiger partial charge in [0.05, 0.1) is 23.8 Å². The molecule has 2 aliphatic rings. The number of nitrogens with two attached hydrogens (primary N) is 1. The number of hydrogen-bond donors (Lipinski definition) is 5. The van der Waals surface area contributed by atoms with Gasteiger partial charge in [-0.15, -0.1) is 0 Å². The van der Waals surface area contributed by atoms with E-state index in [9.17, 15) is 22.8 Å². The zero-order valence-electron chi connectivity index (χ0n) is 27.8. The van der Waals surface area contributed by atoms with Crippen LogP contribution in [0.25, 0.3) is 10.8 Å². The molecule has 2 saturated heterocycles. The summed E-state index contributed by atoms with van der Waals surface area (Å²) in [6.07, 6.45) is 2.80. The largest absolute Gasteiger partial charge is 0.481 e. The fourth-order valence-electron chi connectivity index (χ4n) is 5.69. The molecule has 264 valence electrons. The molecule has 2 aromatic rings. The molecule has 0 aromatic heterocycles. The van der Waals surface area contributed by atoms with E-state index in [0.29, 0.717) is 32.6 Å². The Bertz CT molecular complexity index is 1560. The average Bonchev–Trinajstić information content (AvgIpc) is 3.05. The number of fused-ring (bicyclic) bond motifs is 1. The molecule has 6 N–H and O–H groups in total. The van der Waals surface area contributed by atoms with Gasteiger partial charge in [0, 0.05) is 45.6 Å². The Labute approximate surface area is 281 Å². The zero-order chi connectivity index (χ0) is 35.4. The summed E-state index contributed by atoms with van der Waals surface area (Å²) >= 11 is 0. The van der Waals surface area contributed by atoms with Crippen molar-refractivity contribution in [2.45, 2.75) is 63.8 Å². The van der Waals surface area contributed by atoms with Crippen molar-refractivity contribution in [2.75, 3.05) is 39.3 Å². The van der Waals surface area contributed by atoms with Crippen LogP contribution in [0, 0.1) is 23.2 Å². The van der Waals surface area contributed by atoms with Crippen LogP contribution >= 0.6 is 0 Å². The predicted molar refractivity (Wildman–Crippen MR) is 180 cm³/mol. The molecule has 0 bridgehead atoms. The van der Waals surface area contributed by atoms with E-state index in [1.165, 1.54) is 6.07 Å². The summed E-state index contributed by atoms with van der Waals surface area (Å²) < 4.78 is 34.9. The third-order valence-corrected chi connectivity index (χ3v) is 9.72. The molecule has 15 heteroatoms. The smallest absolute Gasteiger partial charge is 0.308 e. The molecule has 2 fully saturated rings. The Hall–Kier alpha value is -4.24. The Morgan fingerprint density at radius 3 is 2.25 bits per heavy atom. The lowest BCUT2D eigenvalue weighted by atomic mass is 9.97. The molecule has 0 radical (unpaired) electrons. The number of rotatable bonds is 11. The fraction of sp³-hybridized carbons (Fsp3) is 0.545. The Kier molecular flexibility index (Phi) is 14.2. The average molecular weight is 689 g/mol. The molecule has 0 aliphatic carbocycles. The van der Waals surface area contributed by atoms with Gasteiger partial charge < -0.3 is 30.7 Å². The van der Waals surface area contributed by atoms with Crippen LogP contribution in [0.2, 0.25) is 0 Å². The molecule has 2 heterocycles. The van der Waals surface area contributed by atoms with Gasteiger partial charge in [0.15, 0.2) is 5.96 Å². The van der Waals surface area contributed by atoms with Crippen LogP contribution in [-0.4, -0.2) is 98.4 Å². The number of hydrogen-bond acceptors (Lipinski definition) is 8. The van der Waals surface area contributed by atoms with E-state index in [-0.39, 0.29) is 60.1 Å². The molecule has 2 aliphatic heterocycles. The van der Waals surface area contributed by atoms with Crippen LogP contribution in [-0.2, 0) is 33.9 Å². The van der Waals surface area contributed by atoms with Gasteiger partial charge in [0.2, 0.25) is 21.8 Å². The minimum Gasteiger partial charge on any atom is -0.481 e. The molecule has 2 amide bonds. The summed E-state index contributed by atoms with van der Waals surface area (Å²) in [5.74, 6) is -2.35. The number of benzene rings is 2. The molecule has 0 saturated carbocycles. The second-order valence-electron chi connectivity index (χ2n) is 12.6. The highest BCUT2D eigenvalue weighted by Gasteiger charge is 2.33. The van der Waals surface area contributed by atoms with Crippen molar-refractivity contribution >= 4 is 50.5 Å². The van der Waals surface area contributed by atoms with E-state index in [2.05, 4.69) is 10.0 Å². The lowest BCUT2D eigenvalue weighted by Crippen LogP contribution is -2.52. The van der Waals surface area contributed by atoms with Crippen molar-refractivity contribution < 1.29 is 37.4 Å². The number of carboxylic acids is 1. The van der Waals surface area contributed by atoms with E-state index >= 15 is 0 Å². The number of guanidine groups is 1. The van der Waals surface area contributed by atoms with Gasteiger partial charge in [-0.05, 0) is 54.5 Å². The minimum absolute atomic E-state index is 0.00386. The second-order valence-corrected chi connectivity index (χ2v) is 14.3. The number of ether oxygens (including phenoxy) is 1. The highest BCUT2D eigenvalue weighted by Crippen LogP contribution is 2.22. The fourth-order valence-corrected chi connectivity index (χ4v) is 6.92. The Morgan fingerprint density at radius 2 is 1.60 bits per heavy atom. The number of likely N-dealkylation sites (tertiary alicyclic amines) is 2. The van der Waals surface area contributed by atoms with Gasteiger partial charge in [-0.3, -0.25) is 24.6 Å². The van der Waals surface area contributed by atoms with Crippen molar-refractivity contribution in [1.82, 2.24) is 19.8 Å². The summed E-state index contributed by atoms with van der Waals surface area (Å²) in [4.78, 5) is 51.3. The topological polar surface area (TPSA) is 212 Å². The first-order chi connectivity index (χ1) is 22.7. The van der Waals surface area contributed by atoms with Gasteiger partial charge in [-0.25, -0.2) is 8.42 Å². The van der Waals surface area contributed by atoms with Crippen molar-refractivity contribution in [3.8, 4) is 0 Å². The molecule has 4 rings (SSSR count). The number of amides is 2. The molecule has 48 heavy (non-hydrogen) atoms. The van der Waals surface area contributed by atoms with E-state index in [0.717, 1.165) is 37.0 Å². The second kappa shape index (κ2) is 17.8. The summed E-state index contributed by atoms with van der Waals surface area (Å²) in [6.45, 7) is 7.10. The van der Waals surface area contributed by atoms with Crippen LogP contribution < -0.4 is 15.8 Å². The van der Waals surface area contributed by atoms with Crippen LogP contribution in [0.5, 0.6) is 0 Å². The number of sulfonamides is 1. The maximum atomic E-state index is 13.5. The molecular weight excluding hydrogens is 640 g/mol. The first kappa shape index (κ1) is 38.2. The van der Waals surface area contributed by atoms with E-state index in [4.69, 9.17) is 25.8 Å². The van der Waals surface area contributed by atoms with Crippen LogP contribution in [0.1, 0.15) is 52.9 Å². The summed E-state index contributed by atoms with van der Waals surface area (Å²) in [7, 11) is -4.16. The monoisotopic (exact) mass is 688 g/mol. The first-order valence-corrected chi connectivity index (χ1v) is 17.7. The molecule has 14 nitrogen and oxygen atoms in total. The molecular formula is C33H48N6O8S. The van der Waals surface area contributed by atoms with Gasteiger partial charge >= 0.3 is 5.97 Å². The third-order valence-electron chi connectivity index (χ3n) is 8.25. The number of aliphatic carboxylic acids is 1. The molecule has 2 aromatic carbocycles. The molecule has 3 atom stereocenters. The van der Waals surface area contributed by atoms with Crippen molar-refractivity contribution in [3.05, 3.63) is 42.5 Å². The zero-order valence-corrected chi connectivity index (χ0v) is 28.6. The summed E-state index contributed by atoms with van der Waals surface area (Å²) in [5, 5.41) is 19.6. The van der Waals surface area contributed by atoms with E-state index in [1.54, 1.807) is 35.8 Å². The molecule has 0 unspecified atom stereocenters. The number of carbonyl (C=O) groups is 4. The highest BCUT2D eigenvalue weighted by molar-refractivity contribution is 7.89. The maximum absolute atomic E-state index is 13.5. The summed E-state index contributed by atoms with van der Waals surface area (Å²) in [5.41, 5.74) is 5.65. The highest BCUT2D eigenvalue weighted by atomic mass is 32.2. The van der Waals surface area contributed by atoms with Gasteiger partial charge in [0.1, 0.15) is 6.04 Å². The quantitative estimate of drug-likeness (QED) is 0.132. The van der Waals surface area contributed by atoms with Gasteiger partial charge in [-0.2, -0.15) is 4.72 Å². The van der Waals surface area contributed by atoms with Gasteiger partial charge in [-0.1, -0.05) is 44.2 Å². The Morgan fingerprint density at radius 1 is 1.00 bits per heavy atom.